The lowest BCUT2D eigenvalue weighted by Gasteiger charge is -2.33. The Kier molecular flexibility index (Phi) is 10.3. The summed E-state index contributed by atoms with van der Waals surface area (Å²) in [5, 5.41) is 6.93. The summed E-state index contributed by atoms with van der Waals surface area (Å²) in [6, 6.07) is 8.58. The van der Waals surface area contributed by atoms with Crippen molar-refractivity contribution in [3.05, 3.63) is 48.0 Å². The van der Waals surface area contributed by atoms with Crippen LogP contribution in [0.25, 0.3) is 0 Å². The van der Waals surface area contributed by atoms with Crippen molar-refractivity contribution in [1.82, 2.24) is 20.5 Å². The third kappa shape index (κ3) is 7.34. The molecular weight excluding hydrogens is 527 g/mol. The first-order valence-corrected chi connectivity index (χ1v) is 12.1. The molecule has 2 aromatic rings. The van der Waals surface area contributed by atoms with E-state index in [1.165, 1.54) is 32.1 Å². The molecule has 2 aliphatic rings. The first kappa shape index (κ1) is 25.8. The first-order chi connectivity index (χ1) is 15.7. The molecule has 2 N–H and O–H groups in total. The van der Waals surface area contributed by atoms with Crippen LogP contribution in [0.1, 0.15) is 56.4 Å². The number of aromatic nitrogens is 1. The number of hydrogen-bond donors (Lipinski definition) is 2. The van der Waals surface area contributed by atoms with Crippen LogP contribution in [0, 0.1) is 5.92 Å². The Hall–Kier alpha value is -1.81. The number of rotatable bonds is 7. The standard InChI is InChI=1S/C25H38N6O.HI/c1-20-10-14-31(15-11-20)24-9-8-21(17-27-24)18-28-25(26-2)29-19-22(23-7-6-16-32-23)30-12-4-3-5-13-30;/h6-9,16-17,20,22H,3-5,10-15,18-19H2,1-2H3,(H2,26,28,29);1H. The van der Waals surface area contributed by atoms with Gasteiger partial charge in [0, 0.05) is 39.4 Å². The Morgan fingerprint density at radius 1 is 1.12 bits per heavy atom. The van der Waals surface area contributed by atoms with Crippen molar-refractivity contribution in [1.29, 1.82) is 0 Å². The molecule has 8 heteroatoms. The van der Waals surface area contributed by atoms with Gasteiger partial charge in [0.15, 0.2) is 5.96 Å². The number of anilines is 1. The molecule has 0 bridgehead atoms. The Balaban J connectivity index is 0.00000306. The van der Waals surface area contributed by atoms with Gasteiger partial charge < -0.3 is 20.0 Å². The van der Waals surface area contributed by atoms with Crippen LogP contribution < -0.4 is 15.5 Å². The van der Waals surface area contributed by atoms with Gasteiger partial charge in [-0.3, -0.25) is 9.89 Å². The SMILES string of the molecule is CN=C(NCc1ccc(N2CCC(C)CC2)nc1)NCC(c1ccco1)N1CCCCC1.I. The molecule has 182 valence electrons. The largest absolute Gasteiger partial charge is 0.468 e. The van der Waals surface area contributed by atoms with Crippen molar-refractivity contribution >= 4 is 35.8 Å². The Morgan fingerprint density at radius 3 is 2.55 bits per heavy atom. The third-order valence-electron chi connectivity index (χ3n) is 6.77. The maximum atomic E-state index is 5.76. The minimum Gasteiger partial charge on any atom is -0.468 e. The van der Waals surface area contributed by atoms with E-state index in [9.17, 15) is 0 Å². The smallest absolute Gasteiger partial charge is 0.191 e. The van der Waals surface area contributed by atoms with Gasteiger partial charge in [0.2, 0.25) is 0 Å². The highest BCUT2D eigenvalue weighted by molar-refractivity contribution is 14.0. The zero-order valence-electron chi connectivity index (χ0n) is 20.0. The lowest BCUT2D eigenvalue weighted by Crippen LogP contribution is -2.44. The zero-order valence-corrected chi connectivity index (χ0v) is 22.3. The van der Waals surface area contributed by atoms with Crippen LogP contribution in [0.2, 0.25) is 0 Å². The topological polar surface area (TPSA) is 68.9 Å². The molecule has 2 saturated heterocycles. The number of pyridine rings is 1. The maximum absolute atomic E-state index is 5.76. The molecule has 0 amide bonds. The first-order valence-electron chi connectivity index (χ1n) is 12.1. The van der Waals surface area contributed by atoms with Crippen molar-refractivity contribution in [3.8, 4) is 0 Å². The van der Waals surface area contributed by atoms with E-state index >= 15 is 0 Å². The van der Waals surface area contributed by atoms with Crippen LogP contribution in [0.15, 0.2) is 46.1 Å². The Labute approximate surface area is 215 Å². The maximum Gasteiger partial charge on any atom is 0.191 e. The second-order valence-electron chi connectivity index (χ2n) is 9.13. The van der Waals surface area contributed by atoms with Gasteiger partial charge in [-0.1, -0.05) is 19.4 Å². The molecule has 2 aromatic heterocycles. The van der Waals surface area contributed by atoms with Crippen molar-refractivity contribution < 1.29 is 4.42 Å². The van der Waals surface area contributed by atoms with E-state index in [-0.39, 0.29) is 30.0 Å². The summed E-state index contributed by atoms with van der Waals surface area (Å²) in [6.07, 6.45) is 10.1. The lowest BCUT2D eigenvalue weighted by molar-refractivity contribution is 0.146. The van der Waals surface area contributed by atoms with Gasteiger partial charge in [-0.05, 0) is 68.5 Å². The fourth-order valence-electron chi connectivity index (χ4n) is 4.67. The van der Waals surface area contributed by atoms with Crippen LogP contribution >= 0.6 is 24.0 Å². The molecule has 0 aliphatic carbocycles. The second-order valence-corrected chi connectivity index (χ2v) is 9.13. The molecule has 1 unspecified atom stereocenters. The molecule has 0 radical (unpaired) electrons. The van der Waals surface area contributed by atoms with Gasteiger partial charge in [0.05, 0.1) is 12.3 Å². The number of piperidine rings is 2. The fourth-order valence-corrected chi connectivity index (χ4v) is 4.67. The van der Waals surface area contributed by atoms with Crippen LogP contribution in [0.3, 0.4) is 0 Å². The van der Waals surface area contributed by atoms with Crippen molar-refractivity contribution in [2.45, 2.75) is 51.6 Å². The average molecular weight is 567 g/mol. The van der Waals surface area contributed by atoms with Gasteiger partial charge in [-0.15, -0.1) is 24.0 Å². The molecule has 2 fully saturated rings. The van der Waals surface area contributed by atoms with Gasteiger partial charge in [0.25, 0.3) is 0 Å². The highest BCUT2D eigenvalue weighted by Gasteiger charge is 2.24. The summed E-state index contributed by atoms with van der Waals surface area (Å²) in [4.78, 5) is 14.0. The molecule has 4 rings (SSSR count). The monoisotopic (exact) mass is 566 g/mol. The number of aliphatic imine (C=N–C) groups is 1. The Bertz CT molecular complexity index is 827. The van der Waals surface area contributed by atoms with E-state index in [1.807, 2.05) is 19.3 Å². The minimum atomic E-state index is 0. The molecule has 0 saturated carbocycles. The Morgan fingerprint density at radius 2 is 1.91 bits per heavy atom. The fraction of sp³-hybridized carbons (Fsp3) is 0.600. The molecule has 0 aromatic carbocycles. The third-order valence-corrected chi connectivity index (χ3v) is 6.77. The highest BCUT2D eigenvalue weighted by Crippen LogP contribution is 2.24. The van der Waals surface area contributed by atoms with Gasteiger partial charge >= 0.3 is 0 Å². The molecule has 1 atom stereocenters. The predicted molar refractivity (Wildman–Crippen MR) is 145 cm³/mol. The molecular formula is C25H39IN6O. The molecule has 2 aliphatic heterocycles. The molecule has 33 heavy (non-hydrogen) atoms. The minimum absolute atomic E-state index is 0. The summed E-state index contributed by atoms with van der Waals surface area (Å²) < 4.78 is 5.76. The number of nitrogens with zero attached hydrogens (tertiary/aromatic N) is 4. The van der Waals surface area contributed by atoms with Crippen molar-refractivity contribution in [2.75, 3.05) is 44.7 Å². The number of furan rings is 1. The predicted octanol–water partition coefficient (Wildman–Crippen LogP) is 4.42. The van der Waals surface area contributed by atoms with E-state index in [2.05, 4.69) is 50.5 Å². The van der Waals surface area contributed by atoms with Gasteiger partial charge in [-0.2, -0.15) is 0 Å². The summed E-state index contributed by atoms with van der Waals surface area (Å²) >= 11 is 0. The average Bonchev–Trinajstić information content (AvgIpc) is 3.37. The number of halogens is 1. The normalized spacial score (nSPS) is 19.1. The number of hydrogen-bond acceptors (Lipinski definition) is 5. The molecule has 0 spiro atoms. The number of nitrogens with one attached hydrogen (secondary N) is 2. The quantitative estimate of drug-likeness (QED) is 0.294. The van der Waals surface area contributed by atoms with Crippen LogP contribution in [0.4, 0.5) is 5.82 Å². The van der Waals surface area contributed by atoms with E-state index in [4.69, 9.17) is 9.40 Å². The number of guanidine groups is 1. The molecule has 7 nitrogen and oxygen atoms in total. The van der Waals surface area contributed by atoms with Crippen LogP contribution in [-0.4, -0.2) is 55.6 Å². The van der Waals surface area contributed by atoms with E-state index in [0.717, 1.165) is 61.7 Å². The summed E-state index contributed by atoms with van der Waals surface area (Å²) in [6.45, 7) is 8.24. The summed E-state index contributed by atoms with van der Waals surface area (Å²) in [7, 11) is 1.82. The lowest BCUT2D eigenvalue weighted by atomic mass is 9.99. The number of likely N-dealkylation sites (tertiary alicyclic amines) is 1. The van der Waals surface area contributed by atoms with Crippen molar-refractivity contribution in [3.63, 3.8) is 0 Å². The van der Waals surface area contributed by atoms with E-state index < -0.39 is 0 Å². The summed E-state index contributed by atoms with van der Waals surface area (Å²) in [5.41, 5.74) is 1.15. The highest BCUT2D eigenvalue weighted by atomic mass is 127. The second kappa shape index (κ2) is 13.2. The van der Waals surface area contributed by atoms with Gasteiger partial charge in [-0.25, -0.2) is 4.98 Å². The van der Waals surface area contributed by atoms with E-state index in [1.54, 1.807) is 6.26 Å². The molecule has 4 heterocycles. The van der Waals surface area contributed by atoms with Crippen LogP contribution in [-0.2, 0) is 6.54 Å². The summed E-state index contributed by atoms with van der Waals surface area (Å²) in [5.74, 6) is 3.73. The van der Waals surface area contributed by atoms with E-state index in [0.29, 0.717) is 6.54 Å². The zero-order chi connectivity index (χ0) is 22.2. The van der Waals surface area contributed by atoms with Gasteiger partial charge in [0.1, 0.15) is 11.6 Å². The van der Waals surface area contributed by atoms with Crippen LogP contribution in [0.5, 0.6) is 0 Å². The van der Waals surface area contributed by atoms with Crippen molar-refractivity contribution in [2.24, 2.45) is 10.9 Å².